The smallest absolute Gasteiger partial charge is 0.224 e. The first-order valence-electron chi connectivity index (χ1n) is 5.62. The quantitative estimate of drug-likeness (QED) is 0.843. The van der Waals surface area contributed by atoms with Crippen LogP contribution in [0.25, 0.3) is 5.82 Å². The number of anilines is 1. The average molecular weight is 265 g/mol. The van der Waals surface area contributed by atoms with E-state index in [0.717, 1.165) is 0 Å². The largest absolute Gasteiger partial charge is 0.323 e. The Labute approximate surface area is 110 Å². The first kappa shape index (κ1) is 12.6. The van der Waals surface area contributed by atoms with Gasteiger partial charge in [0.15, 0.2) is 5.82 Å². The summed E-state index contributed by atoms with van der Waals surface area (Å²) in [6.07, 6.45) is 6.15. The number of carbonyl (C=O) groups is 1. The number of pyridine rings is 1. The van der Waals surface area contributed by atoms with Gasteiger partial charge in [0.2, 0.25) is 5.91 Å². The Hall–Kier alpha value is -1.88. The molecule has 0 fully saturated rings. The number of hydrogen-bond donors (Lipinski definition) is 1. The second-order valence-corrected chi connectivity index (χ2v) is 4.04. The van der Waals surface area contributed by atoms with Gasteiger partial charge in [-0.15, -0.1) is 11.6 Å². The lowest BCUT2D eigenvalue weighted by molar-refractivity contribution is -0.116. The topological polar surface area (TPSA) is 59.8 Å². The number of nitrogens with one attached hydrogen (secondary N) is 1. The zero-order chi connectivity index (χ0) is 12.8. The van der Waals surface area contributed by atoms with Gasteiger partial charge in [-0.2, -0.15) is 5.10 Å². The van der Waals surface area contributed by atoms with Gasteiger partial charge in [-0.1, -0.05) is 0 Å². The number of nitrogens with zero attached hydrogens (tertiary/aromatic N) is 3. The molecule has 0 unspecified atom stereocenters. The normalized spacial score (nSPS) is 10.3. The summed E-state index contributed by atoms with van der Waals surface area (Å²) in [7, 11) is 0. The van der Waals surface area contributed by atoms with Crippen molar-refractivity contribution in [3.8, 4) is 5.82 Å². The highest BCUT2D eigenvalue weighted by Gasteiger charge is 2.08. The maximum Gasteiger partial charge on any atom is 0.224 e. The Bertz CT molecular complexity index is 513. The van der Waals surface area contributed by atoms with E-state index in [1.54, 1.807) is 41.5 Å². The molecular formula is C12H13ClN4O. The van der Waals surface area contributed by atoms with E-state index in [4.69, 9.17) is 11.6 Å². The molecular weight excluding hydrogens is 252 g/mol. The van der Waals surface area contributed by atoms with Crippen LogP contribution in [0.15, 0.2) is 36.8 Å². The van der Waals surface area contributed by atoms with Crippen molar-refractivity contribution in [2.24, 2.45) is 0 Å². The fourth-order valence-corrected chi connectivity index (χ4v) is 1.64. The van der Waals surface area contributed by atoms with Crippen molar-refractivity contribution in [1.82, 2.24) is 14.8 Å². The first-order chi connectivity index (χ1) is 8.81. The van der Waals surface area contributed by atoms with E-state index in [1.807, 2.05) is 0 Å². The van der Waals surface area contributed by atoms with Gasteiger partial charge >= 0.3 is 0 Å². The van der Waals surface area contributed by atoms with Gasteiger partial charge in [-0.3, -0.25) is 4.79 Å². The Morgan fingerprint density at radius 2 is 2.28 bits per heavy atom. The molecule has 2 rings (SSSR count). The van der Waals surface area contributed by atoms with E-state index in [2.05, 4.69) is 15.4 Å². The molecule has 0 saturated heterocycles. The van der Waals surface area contributed by atoms with Gasteiger partial charge in [0.1, 0.15) is 0 Å². The maximum absolute atomic E-state index is 11.7. The molecule has 0 aliphatic rings. The molecule has 5 nitrogen and oxygen atoms in total. The van der Waals surface area contributed by atoms with Crippen LogP contribution in [0.2, 0.25) is 0 Å². The highest BCUT2D eigenvalue weighted by Crippen LogP contribution is 2.16. The molecule has 0 aliphatic carbocycles. The van der Waals surface area contributed by atoms with E-state index >= 15 is 0 Å². The Kier molecular flexibility index (Phi) is 4.30. The Morgan fingerprint density at radius 3 is 3.00 bits per heavy atom. The third-order valence-electron chi connectivity index (χ3n) is 2.32. The highest BCUT2D eigenvalue weighted by molar-refractivity contribution is 6.18. The molecule has 0 atom stereocenters. The SMILES string of the molecule is O=C(CCCCl)Nc1cccnc1-n1cccn1. The van der Waals surface area contributed by atoms with Crippen LogP contribution in [0, 0.1) is 0 Å². The van der Waals surface area contributed by atoms with E-state index < -0.39 is 0 Å². The lowest BCUT2D eigenvalue weighted by Gasteiger charge is -2.09. The second-order valence-electron chi connectivity index (χ2n) is 3.67. The zero-order valence-electron chi connectivity index (χ0n) is 9.71. The molecule has 0 aromatic carbocycles. The fraction of sp³-hybridized carbons (Fsp3) is 0.250. The highest BCUT2D eigenvalue weighted by atomic mass is 35.5. The molecule has 1 amide bonds. The summed E-state index contributed by atoms with van der Waals surface area (Å²) in [5.74, 6) is 1.01. The predicted molar refractivity (Wildman–Crippen MR) is 69.9 cm³/mol. The molecule has 1 N–H and O–H groups in total. The number of carbonyl (C=O) groups excluding carboxylic acids is 1. The van der Waals surface area contributed by atoms with Gasteiger partial charge in [0.25, 0.3) is 0 Å². The molecule has 2 aromatic rings. The fourth-order valence-electron chi connectivity index (χ4n) is 1.51. The van der Waals surface area contributed by atoms with Crippen LogP contribution in [0.1, 0.15) is 12.8 Å². The molecule has 0 aliphatic heterocycles. The van der Waals surface area contributed by atoms with E-state index in [-0.39, 0.29) is 5.91 Å². The summed E-state index contributed by atoms with van der Waals surface area (Å²) in [4.78, 5) is 15.9. The summed E-state index contributed by atoms with van der Waals surface area (Å²) in [6, 6.07) is 5.36. The number of halogens is 1. The second kappa shape index (κ2) is 6.16. The van der Waals surface area contributed by atoms with Crippen molar-refractivity contribution in [2.45, 2.75) is 12.8 Å². The average Bonchev–Trinajstić information content (AvgIpc) is 2.91. The maximum atomic E-state index is 11.7. The summed E-state index contributed by atoms with van der Waals surface area (Å²) < 4.78 is 1.61. The lowest BCUT2D eigenvalue weighted by Crippen LogP contribution is -2.14. The van der Waals surface area contributed by atoms with Crippen LogP contribution in [0.3, 0.4) is 0 Å². The minimum atomic E-state index is -0.0722. The van der Waals surface area contributed by atoms with Crippen LogP contribution < -0.4 is 5.32 Å². The van der Waals surface area contributed by atoms with Gasteiger partial charge in [-0.25, -0.2) is 9.67 Å². The van der Waals surface area contributed by atoms with Crippen LogP contribution in [-0.2, 0) is 4.79 Å². The van der Waals surface area contributed by atoms with Crippen molar-refractivity contribution in [3.63, 3.8) is 0 Å². The summed E-state index contributed by atoms with van der Waals surface area (Å²) >= 11 is 5.55. The summed E-state index contributed by atoms with van der Waals surface area (Å²) in [5.41, 5.74) is 0.640. The number of amides is 1. The standard InChI is InChI=1S/C12H13ClN4O/c13-6-1-5-11(18)16-10-4-2-7-14-12(10)17-9-3-8-15-17/h2-4,7-9H,1,5-6H2,(H,16,18). The van der Waals surface area contributed by atoms with Gasteiger partial charge < -0.3 is 5.32 Å². The molecule has 2 aromatic heterocycles. The number of aromatic nitrogens is 3. The van der Waals surface area contributed by atoms with Crippen molar-refractivity contribution in [3.05, 3.63) is 36.8 Å². The van der Waals surface area contributed by atoms with Crippen molar-refractivity contribution < 1.29 is 4.79 Å². The van der Waals surface area contributed by atoms with Crippen LogP contribution in [0.5, 0.6) is 0 Å². The first-order valence-corrected chi connectivity index (χ1v) is 6.15. The molecule has 18 heavy (non-hydrogen) atoms. The molecule has 0 saturated carbocycles. The molecule has 2 heterocycles. The Balaban J connectivity index is 2.16. The zero-order valence-corrected chi connectivity index (χ0v) is 10.5. The van der Waals surface area contributed by atoms with Gasteiger partial charge in [-0.05, 0) is 24.6 Å². The third kappa shape index (κ3) is 3.07. The number of rotatable bonds is 5. The van der Waals surface area contributed by atoms with Crippen molar-refractivity contribution >= 4 is 23.2 Å². The van der Waals surface area contributed by atoms with Crippen molar-refractivity contribution in [2.75, 3.05) is 11.2 Å². The van der Waals surface area contributed by atoms with Crippen LogP contribution in [-0.4, -0.2) is 26.6 Å². The Morgan fingerprint density at radius 1 is 1.39 bits per heavy atom. The van der Waals surface area contributed by atoms with Gasteiger partial charge in [0, 0.05) is 30.9 Å². The molecule has 0 radical (unpaired) electrons. The predicted octanol–water partition coefficient (Wildman–Crippen LogP) is 2.22. The molecule has 0 bridgehead atoms. The molecule has 6 heteroatoms. The van der Waals surface area contributed by atoms with E-state index in [0.29, 0.717) is 30.2 Å². The molecule has 0 spiro atoms. The summed E-state index contributed by atoms with van der Waals surface area (Å²) in [5, 5.41) is 6.91. The number of hydrogen-bond acceptors (Lipinski definition) is 3. The van der Waals surface area contributed by atoms with Crippen molar-refractivity contribution in [1.29, 1.82) is 0 Å². The van der Waals surface area contributed by atoms with E-state index in [1.165, 1.54) is 0 Å². The summed E-state index contributed by atoms with van der Waals surface area (Å²) in [6.45, 7) is 0. The van der Waals surface area contributed by atoms with Crippen LogP contribution >= 0.6 is 11.6 Å². The third-order valence-corrected chi connectivity index (χ3v) is 2.59. The van der Waals surface area contributed by atoms with Crippen LogP contribution in [0.4, 0.5) is 5.69 Å². The molecule has 94 valence electrons. The van der Waals surface area contributed by atoms with E-state index in [9.17, 15) is 4.79 Å². The minimum absolute atomic E-state index is 0.0722. The monoisotopic (exact) mass is 264 g/mol. The lowest BCUT2D eigenvalue weighted by atomic mass is 10.3. The number of alkyl halides is 1. The minimum Gasteiger partial charge on any atom is -0.323 e. The van der Waals surface area contributed by atoms with Gasteiger partial charge in [0.05, 0.1) is 5.69 Å².